The van der Waals surface area contributed by atoms with Crippen molar-refractivity contribution in [2.45, 2.75) is 104 Å². The van der Waals surface area contributed by atoms with Crippen molar-refractivity contribution < 1.29 is 72.1 Å². The van der Waals surface area contributed by atoms with Gasteiger partial charge in [0.1, 0.15) is 19.0 Å². The summed E-state index contributed by atoms with van der Waals surface area (Å²) >= 11 is 0. The summed E-state index contributed by atoms with van der Waals surface area (Å²) in [6, 6.07) is 0. The predicted octanol–water partition coefficient (Wildman–Crippen LogP) is 3.32. The van der Waals surface area contributed by atoms with Gasteiger partial charge in [-0.2, -0.15) is 9.78 Å². The summed E-state index contributed by atoms with van der Waals surface area (Å²) in [5, 5.41) is 10.5. The van der Waals surface area contributed by atoms with Crippen molar-refractivity contribution in [2.75, 3.05) is 72.4 Å². The van der Waals surface area contributed by atoms with E-state index >= 15 is 0 Å². The number of rotatable bonds is 34. The van der Waals surface area contributed by atoms with Crippen LogP contribution in [0.4, 0.5) is 14.4 Å². The first-order valence-corrected chi connectivity index (χ1v) is 18.3. The number of hydrogen-bond acceptors (Lipinski definition) is 15. The number of alkyl carbamates (subject to hydrolysis) is 1. The Morgan fingerprint density at radius 1 is 0.396 bits per heavy atom. The van der Waals surface area contributed by atoms with Crippen LogP contribution in [-0.4, -0.2) is 114 Å². The third kappa shape index (κ3) is 38.8. The van der Waals surface area contributed by atoms with Crippen molar-refractivity contribution in [3.05, 3.63) is 0 Å². The summed E-state index contributed by atoms with van der Waals surface area (Å²) in [5.74, 6) is -0.923. The Morgan fingerprint density at radius 2 is 0.811 bits per heavy atom. The molecule has 4 amide bonds. The van der Waals surface area contributed by atoms with Crippen molar-refractivity contribution in [3.8, 4) is 0 Å². The molecule has 0 rings (SSSR count). The number of esters is 2. The molecule has 0 aromatic heterocycles. The number of amides is 4. The number of nitrogens with one attached hydrogen (secondary N) is 4. The minimum absolute atomic E-state index is 0.0245. The zero-order valence-electron chi connectivity index (χ0n) is 31.3. The van der Waals surface area contributed by atoms with Gasteiger partial charge in [0.05, 0.1) is 33.0 Å². The van der Waals surface area contributed by atoms with Gasteiger partial charge < -0.3 is 45.0 Å². The van der Waals surface area contributed by atoms with Gasteiger partial charge in [-0.3, -0.25) is 24.2 Å². The highest BCUT2D eigenvalue weighted by atomic mass is 17.2. The lowest BCUT2D eigenvalue weighted by atomic mass is 10.2. The zero-order valence-corrected chi connectivity index (χ0v) is 31.3. The fourth-order valence-corrected chi connectivity index (χ4v) is 4.06. The van der Waals surface area contributed by atoms with Gasteiger partial charge in [-0.05, 0) is 51.9 Å². The minimum atomic E-state index is -0.708. The van der Waals surface area contributed by atoms with E-state index in [4.69, 9.17) is 28.7 Å². The Morgan fingerprint density at radius 3 is 1.26 bits per heavy atom. The van der Waals surface area contributed by atoms with Gasteiger partial charge in [-0.15, -0.1) is 0 Å². The molecule has 0 spiro atoms. The van der Waals surface area contributed by atoms with Crippen LogP contribution in [0.15, 0.2) is 0 Å². The minimum Gasteiger partial charge on any atom is -0.463 e. The van der Waals surface area contributed by atoms with Crippen molar-refractivity contribution in [3.63, 3.8) is 0 Å². The lowest BCUT2D eigenvalue weighted by Crippen LogP contribution is -2.26. The van der Waals surface area contributed by atoms with E-state index in [-0.39, 0.29) is 70.8 Å². The van der Waals surface area contributed by atoms with E-state index in [2.05, 4.69) is 31.0 Å². The SMILES string of the molecule is CC(=O)CCCOOC(=O)NCCCCCCNC(=O)OCCCC(=O)OCCOCCOC(=O)CCCOOC(=O)NCCCCCCNC(C)=O. The van der Waals surface area contributed by atoms with Crippen molar-refractivity contribution in [1.82, 2.24) is 21.3 Å². The van der Waals surface area contributed by atoms with Gasteiger partial charge in [0.25, 0.3) is 0 Å². The average Bonchev–Trinajstić information content (AvgIpc) is 3.11. The second kappa shape index (κ2) is 36.1. The molecule has 0 heterocycles. The summed E-state index contributed by atoms with van der Waals surface area (Å²) in [5.41, 5.74) is 0. The number of unbranched alkanes of at least 4 members (excludes halogenated alkanes) is 6. The van der Waals surface area contributed by atoms with Crippen LogP contribution in [0, 0.1) is 0 Å². The molecule has 0 atom stereocenters. The molecule has 4 N–H and O–H groups in total. The topological polar surface area (TPSA) is 241 Å². The molecule has 53 heavy (non-hydrogen) atoms. The summed E-state index contributed by atoms with van der Waals surface area (Å²) < 4.78 is 20.4. The van der Waals surface area contributed by atoms with Gasteiger partial charge in [-0.25, -0.2) is 14.4 Å². The third-order valence-corrected chi connectivity index (χ3v) is 6.76. The third-order valence-electron chi connectivity index (χ3n) is 6.76. The van der Waals surface area contributed by atoms with Crippen LogP contribution >= 0.6 is 0 Å². The number of carbonyl (C=O) groups is 7. The largest absolute Gasteiger partial charge is 0.463 e. The quantitative estimate of drug-likeness (QED) is 0.0242. The molecule has 19 nitrogen and oxygen atoms in total. The van der Waals surface area contributed by atoms with Crippen molar-refractivity contribution >= 4 is 41.9 Å². The lowest BCUT2D eigenvalue weighted by Gasteiger charge is -2.08. The summed E-state index contributed by atoms with van der Waals surface area (Å²) in [6.45, 7) is 5.43. The van der Waals surface area contributed by atoms with E-state index in [0.29, 0.717) is 51.9 Å². The molecule has 0 aliphatic rings. The Balaban J connectivity index is 3.46. The second-order valence-corrected chi connectivity index (χ2v) is 11.7. The average molecular weight is 765 g/mol. The predicted molar refractivity (Wildman–Crippen MR) is 187 cm³/mol. The first kappa shape index (κ1) is 48.8. The number of ketones is 1. The summed E-state index contributed by atoms with van der Waals surface area (Å²) in [6.07, 6.45) is 6.25. The van der Waals surface area contributed by atoms with E-state index in [0.717, 1.165) is 51.4 Å². The van der Waals surface area contributed by atoms with Crippen LogP contribution in [0.5, 0.6) is 0 Å². The Bertz CT molecular complexity index is 1030. The van der Waals surface area contributed by atoms with E-state index in [1.54, 1.807) is 0 Å². The first-order chi connectivity index (χ1) is 25.6. The lowest BCUT2D eigenvalue weighted by molar-refractivity contribution is -0.239. The Hall–Kier alpha value is -4.23. The van der Waals surface area contributed by atoms with Crippen molar-refractivity contribution in [1.29, 1.82) is 0 Å². The molecule has 0 aromatic carbocycles. The molecule has 0 bridgehead atoms. The molecule has 0 fully saturated rings. The molecule has 0 aromatic rings. The monoisotopic (exact) mass is 764 g/mol. The fraction of sp³-hybridized carbons (Fsp3) is 0.794. The van der Waals surface area contributed by atoms with Crippen LogP contribution in [0.3, 0.4) is 0 Å². The Labute approximate surface area is 311 Å². The highest BCUT2D eigenvalue weighted by molar-refractivity contribution is 5.75. The molecular weight excluding hydrogens is 704 g/mol. The van der Waals surface area contributed by atoms with Gasteiger partial charge >= 0.3 is 30.2 Å². The maximum absolute atomic E-state index is 11.8. The summed E-state index contributed by atoms with van der Waals surface area (Å²) in [7, 11) is 0. The van der Waals surface area contributed by atoms with E-state index in [9.17, 15) is 33.6 Å². The van der Waals surface area contributed by atoms with E-state index < -0.39 is 30.2 Å². The molecule has 0 saturated carbocycles. The van der Waals surface area contributed by atoms with Crippen LogP contribution < -0.4 is 21.3 Å². The molecule has 0 saturated heterocycles. The van der Waals surface area contributed by atoms with E-state index in [1.165, 1.54) is 13.8 Å². The van der Waals surface area contributed by atoms with Crippen molar-refractivity contribution in [2.24, 2.45) is 0 Å². The smallest absolute Gasteiger partial charge is 0.438 e. The summed E-state index contributed by atoms with van der Waals surface area (Å²) in [4.78, 5) is 98.5. The molecule has 0 aliphatic heterocycles. The van der Waals surface area contributed by atoms with Gasteiger partial charge in [-0.1, -0.05) is 25.7 Å². The number of ether oxygens (including phenoxy) is 4. The van der Waals surface area contributed by atoms with E-state index in [1.807, 2.05) is 0 Å². The maximum Gasteiger partial charge on any atom is 0.438 e. The number of hydrogen-bond donors (Lipinski definition) is 4. The second-order valence-electron chi connectivity index (χ2n) is 11.7. The van der Waals surface area contributed by atoms with Gasteiger partial charge in [0, 0.05) is 52.4 Å². The molecule has 306 valence electrons. The fourth-order valence-electron chi connectivity index (χ4n) is 4.06. The van der Waals surface area contributed by atoms with Crippen LogP contribution in [0.2, 0.25) is 0 Å². The van der Waals surface area contributed by atoms with Crippen LogP contribution in [0.25, 0.3) is 0 Å². The maximum atomic E-state index is 11.8. The normalized spacial score (nSPS) is 10.5. The highest BCUT2D eigenvalue weighted by Crippen LogP contribution is 2.01. The van der Waals surface area contributed by atoms with Gasteiger partial charge in [0.2, 0.25) is 5.91 Å². The number of Topliss-reactive ketones (excluding diaryl/α,β-unsaturated/α-hetero) is 1. The molecule has 0 radical (unpaired) electrons. The standard InChI is InChI=1S/C34H60N4O15/c1-28(39)14-11-22-50-52-33(44)37-20-10-6-5-8-18-36-32(43)49-21-12-15-30(41)47-26-24-46-25-27-48-31(42)16-13-23-51-53-34(45)38-19-9-4-3-7-17-35-29(2)40/h3-27H2,1-2H3,(H,35,40)(H,36,43)(H,37,44)(H,38,45). The molecule has 0 unspecified atom stereocenters. The van der Waals surface area contributed by atoms with Crippen LogP contribution in [0.1, 0.15) is 104 Å². The first-order valence-electron chi connectivity index (χ1n) is 18.3. The highest BCUT2D eigenvalue weighted by Gasteiger charge is 2.08. The number of carbonyl (C=O) groups excluding carboxylic acids is 7. The molecule has 19 heteroatoms. The zero-order chi connectivity index (χ0) is 39.2. The van der Waals surface area contributed by atoms with Gasteiger partial charge in [0.15, 0.2) is 0 Å². The Kier molecular flexibility index (Phi) is 33.3. The van der Waals surface area contributed by atoms with Crippen LogP contribution in [-0.2, 0) is 57.7 Å². The molecular formula is C34H60N4O15. The molecule has 0 aliphatic carbocycles.